The first-order valence-corrected chi connectivity index (χ1v) is 12.0. The number of anilines is 1. The van der Waals surface area contributed by atoms with Crippen LogP contribution in [0.3, 0.4) is 0 Å². The first kappa shape index (κ1) is 22.6. The second-order valence-corrected chi connectivity index (χ2v) is 8.96. The maximum atomic E-state index is 13.6. The number of amides is 1. The summed E-state index contributed by atoms with van der Waals surface area (Å²) in [5.74, 6) is -0.125. The van der Waals surface area contributed by atoms with E-state index in [0.29, 0.717) is 47.6 Å². The number of rotatable bonds is 5. The molecule has 1 aliphatic heterocycles. The smallest absolute Gasteiger partial charge is 0.336 e. The number of para-hydroxylation sites is 1. The molecule has 6 rings (SSSR count). The van der Waals surface area contributed by atoms with Gasteiger partial charge in [-0.3, -0.25) is 14.3 Å². The Morgan fingerprint density at radius 2 is 1.62 bits per heavy atom. The van der Waals surface area contributed by atoms with Crippen molar-refractivity contribution >= 4 is 28.3 Å². The largest absolute Gasteiger partial charge is 0.423 e. The average Bonchev–Trinajstić information content (AvgIpc) is 3.39. The highest BCUT2D eigenvalue weighted by molar-refractivity contribution is 6.14. The van der Waals surface area contributed by atoms with E-state index in [1.54, 1.807) is 33.8 Å². The Hall–Kier alpha value is -4.85. The van der Waals surface area contributed by atoms with Crippen LogP contribution >= 0.6 is 0 Å². The Balaban J connectivity index is 1.23. The second kappa shape index (κ2) is 9.31. The summed E-state index contributed by atoms with van der Waals surface area (Å²) in [7, 11) is 0. The van der Waals surface area contributed by atoms with Crippen molar-refractivity contribution in [2.24, 2.45) is 0 Å². The Labute approximate surface area is 211 Å². The number of carbonyl (C=O) groups is 2. The minimum Gasteiger partial charge on any atom is -0.423 e. The molecule has 1 amide bonds. The minimum atomic E-state index is -0.405. The number of hydrogen-bond acceptors (Lipinski definition) is 6. The zero-order valence-corrected chi connectivity index (χ0v) is 19.8. The van der Waals surface area contributed by atoms with Crippen LogP contribution in [-0.4, -0.2) is 33.2 Å². The van der Waals surface area contributed by atoms with Gasteiger partial charge in [-0.25, -0.2) is 4.79 Å². The van der Waals surface area contributed by atoms with Crippen LogP contribution < -0.4 is 10.5 Å². The van der Waals surface area contributed by atoms with Crippen LogP contribution in [0.25, 0.3) is 22.2 Å². The van der Waals surface area contributed by atoms with Crippen molar-refractivity contribution in [1.29, 1.82) is 0 Å². The summed E-state index contributed by atoms with van der Waals surface area (Å²) in [6.07, 6.45) is 2.63. The lowest BCUT2D eigenvalue weighted by atomic mass is 9.94. The monoisotopic (exact) mass is 490 g/mol. The van der Waals surface area contributed by atoms with Crippen LogP contribution in [0.2, 0.25) is 0 Å². The highest BCUT2D eigenvalue weighted by Gasteiger charge is 2.27. The molecule has 0 bridgehead atoms. The molecule has 182 valence electrons. The zero-order valence-electron chi connectivity index (χ0n) is 19.8. The van der Waals surface area contributed by atoms with Crippen molar-refractivity contribution in [3.8, 4) is 11.3 Å². The standard InChI is InChI=1S/C29H22N4O4/c34-26-16-20-6-1-2-7-22(20)29(36)33(25-9-4-3-8-23(25)26)15-5-14-32-18-24(30-31-32)21-11-10-19-12-13-28(35)37-27(19)17-21/h1-4,6-13,17-18H,5,14-16H2. The number of benzene rings is 3. The molecule has 0 saturated carbocycles. The van der Waals surface area contributed by atoms with Crippen LogP contribution in [0, 0.1) is 0 Å². The highest BCUT2D eigenvalue weighted by atomic mass is 16.4. The molecule has 0 N–H and O–H groups in total. The van der Waals surface area contributed by atoms with E-state index in [-0.39, 0.29) is 18.1 Å². The zero-order chi connectivity index (χ0) is 25.4. The van der Waals surface area contributed by atoms with Crippen molar-refractivity contribution < 1.29 is 14.0 Å². The van der Waals surface area contributed by atoms with Gasteiger partial charge < -0.3 is 9.32 Å². The molecule has 5 aromatic rings. The van der Waals surface area contributed by atoms with E-state index in [1.807, 2.05) is 54.7 Å². The number of carbonyl (C=O) groups excluding carboxylic acids is 2. The van der Waals surface area contributed by atoms with Crippen molar-refractivity contribution in [3.05, 3.63) is 112 Å². The average molecular weight is 491 g/mol. The molecule has 0 spiro atoms. The maximum absolute atomic E-state index is 13.6. The highest BCUT2D eigenvalue weighted by Crippen LogP contribution is 2.29. The lowest BCUT2D eigenvalue weighted by Gasteiger charge is -2.28. The third-order valence-corrected chi connectivity index (χ3v) is 6.57. The predicted molar refractivity (Wildman–Crippen MR) is 139 cm³/mol. The Kier molecular flexibility index (Phi) is 5.69. The number of fused-ring (bicyclic) bond motifs is 3. The van der Waals surface area contributed by atoms with E-state index in [9.17, 15) is 14.4 Å². The van der Waals surface area contributed by atoms with E-state index in [0.717, 1.165) is 16.5 Å². The SMILES string of the molecule is O=C1Cc2ccccc2C(=O)N(CCCn2cc(-c3ccc4ccc(=O)oc4c3)nn2)c2ccccc21. The molecule has 0 unspecified atom stereocenters. The van der Waals surface area contributed by atoms with Crippen LogP contribution in [0.15, 0.2) is 94.3 Å². The van der Waals surface area contributed by atoms with Crippen molar-refractivity contribution in [2.75, 3.05) is 11.4 Å². The van der Waals surface area contributed by atoms with Gasteiger partial charge in [-0.2, -0.15) is 0 Å². The van der Waals surface area contributed by atoms with Gasteiger partial charge in [0.2, 0.25) is 0 Å². The molecule has 0 saturated heterocycles. The van der Waals surface area contributed by atoms with Crippen LogP contribution in [-0.2, 0) is 13.0 Å². The third kappa shape index (κ3) is 4.33. The van der Waals surface area contributed by atoms with Gasteiger partial charge in [0.1, 0.15) is 11.3 Å². The fourth-order valence-electron chi connectivity index (χ4n) is 4.72. The van der Waals surface area contributed by atoms with Crippen molar-refractivity contribution in [1.82, 2.24) is 15.0 Å². The summed E-state index contributed by atoms with van der Waals surface area (Å²) >= 11 is 0. The summed E-state index contributed by atoms with van der Waals surface area (Å²) in [5, 5.41) is 9.33. The summed E-state index contributed by atoms with van der Waals surface area (Å²) in [4.78, 5) is 39.8. The normalized spacial score (nSPS) is 13.2. The topological polar surface area (TPSA) is 98.3 Å². The molecular weight excluding hydrogens is 468 g/mol. The van der Waals surface area contributed by atoms with Gasteiger partial charge in [-0.05, 0) is 42.3 Å². The van der Waals surface area contributed by atoms with Gasteiger partial charge in [0, 0.05) is 47.7 Å². The molecule has 0 fully saturated rings. The number of nitrogens with zero attached hydrogens (tertiary/aromatic N) is 4. The molecule has 37 heavy (non-hydrogen) atoms. The number of hydrogen-bond donors (Lipinski definition) is 0. The predicted octanol–water partition coefficient (Wildman–Crippen LogP) is 4.53. The van der Waals surface area contributed by atoms with E-state index in [2.05, 4.69) is 10.3 Å². The summed E-state index contributed by atoms with van der Waals surface area (Å²) in [5.41, 5.74) is 4.00. The van der Waals surface area contributed by atoms with Gasteiger partial charge in [-0.1, -0.05) is 47.7 Å². The van der Waals surface area contributed by atoms with E-state index < -0.39 is 5.63 Å². The summed E-state index contributed by atoms with van der Waals surface area (Å²) in [6.45, 7) is 0.936. The molecule has 2 aromatic heterocycles. The number of ketones is 1. The van der Waals surface area contributed by atoms with Crippen LogP contribution in [0.5, 0.6) is 0 Å². The van der Waals surface area contributed by atoms with Gasteiger partial charge in [0.05, 0.1) is 11.9 Å². The first-order valence-electron chi connectivity index (χ1n) is 12.0. The number of aromatic nitrogens is 3. The van der Waals surface area contributed by atoms with Gasteiger partial charge >= 0.3 is 5.63 Å². The molecule has 8 nitrogen and oxygen atoms in total. The molecule has 3 heterocycles. The van der Waals surface area contributed by atoms with Crippen LogP contribution in [0.1, 0.15) is 32.7 Å². The maximum Gasteiger partial charge on any atom is 0.336 e. The minimum absolute atomic E-state index is 0.00677. The third-order valence-electron chi connectivity index (χ3n) is 6.57. The summed E-state index contributed by atoms with van der Waals surface area (Å²) < 4.78 is 7.00. The fraction of sp³-hybridized carbons (Fsp3) is 0.138. The second-order valence-electron chi connectivity index (χ2n) is 8.96. The van der Waals surface area contributed by atoms with Crippen molar-refractivity contribution in [3.63, 3.8) is 0 Å². The molecule has 0 atom stereocenters. The molecule has 8 heteroatoms. The molecule has 0 radical (unpaired) electrons. The van der Waals surface area contributed by atoms with E-state index in [1.165, 1.54) is 6.07 Å². The fourth-order valence-corrected chi connectivity index (χ4v) is 4.72. The lowest BCUT2D eigenvalue weighted by Crippen LogP contribution is -2.36. The van der Waals surface area contributed by atoms with Gasteiger partial charge in [-0.15, -0.1) is 5.10 Å². The Morgan fingerprint density at radius 1 is 0.838 bits per heavy atom. The van der Waals surface area contributed by atoms with E-state index in [4.69, 9.17) is 4.42 Å². The number of Topliss-reactive ketones (excluding diaryl/α,β-unsaturated/α-hetero) is 1. The molecule has 0 aliphatic carbocycles. The van der Waals surface area contributed by atoms with Gasteiger partial charge in [0.25, 0.3) is 5.91 Å². The molecular formula is C29H22N4O4. The quantitative estimate of drug-likeness (QED) is 0.336. The molecule has 1 aliphatic rings. The Morgan fingerprint density at radius 3 is 2.51 bits per heavy atom. The summed E-state index contributed by atoms with van der Waals surface area (Å²) in [6, 6.07) is 23.2. The lowest BCUT2D eigenvalue weighted by molar-refractivity contribution is 0.0974. The molecule has 3 aromatic carbocycles. The Bertz CT molecular complexity index is 1720. The number of aryl methyl sites for hydroxylation is 1. The van der Waals surface area contributed by atoms with E-state index >= 15 is 0 Å². The first-order chi connectivity index (χ1) is 18.1. The van der Waals surface area contributed by atoms with Gasteiger partial charge in [0.15, 0.2) is 5.78 Å². The van der Waals surface area contributed by atoms with Crippen molar-refractivity contribution in [2.45, 2.75) is 19.4 Å². The van der Waals surface area contributed by atoms with Crippen LogP contribution in [0.4, 0.5) is 5.69 Å².